The van der Waals surface area contributed by atoms with Gasteiger partial charge in [-0.1, -0.05) is 60.7 Å². The van der Waals surface area contributed by atoms with Crippen LogP contribution in [0.3, 0.4) is 0 Å². The topological polar surface area (TPSA) is 9.23 Å². The molecule has 0 saturated carbocycles. The quantitative estimate of drug-likeness (QED) is 0.777. The number of ether oxygens (including phenoxy) is 1. The molecule has 0 spiro atoms. The largest absolute Gasteiger partial charge is 0.378 e. The maximum Gasteiger partial charge on any atom is 0.0731 e. The molecule has 1 aliphatic rings. The predicted molar refractivity (Wildman–Crippen MR) is 84.6 cm³/mol. The van der Waals surface area contributed by atoms with E-state index in [0.29, 0.717) is 0 Å². The van der Waals surface area contributed by atoms with Crippen molar-refractivity contribution in [3.05, 3.63) is 71.3 Å². The summed E-state index contributed by atoms with van der Waals surface area (Å²) < 4.78 is 5.79. The van der Waals surface area contributed by atoms with Gasteiger partial charge in [0.15, 0.2) is 0 Å². The molecule has 0 heterocycles. The molecule has 0 radical (unpaired) electrons. The van der Waals surface area contributed by atoms with E-state index in [1.165, 1.54) is 22.3 Å². The first-order chi connectivity index (χ1) is 9.63. The lowest BCUT2D eigenvalue weighted by Gasteiger charge is -2.33. The molecule has 1 aliphatic carbocycles. The lowest BCUT2D eigenvalue weighted by Crippen LogP contribution is -2.31. The van der Waals surface area contributed by atoms with E-state index in [0.717, 1.165) is 0 Å². The fraction of sp³-hybridized carbons (Fsp3) is 0.263. The molecule has 1 atom stereocenters. The molecule has 3 rings (SSSR count). The molecule has 0 aromatic heterocycles. The average Bonchev–Trinajstić information content (AvgIpc) is 2.88. The molecule has 102 valence electrons. The first-order valence-electron chi connectivity index (χ1n) is 7.04. The van der Waals surface area contributed by atoms with Gasteiger partial charge in [0.25, 0.3) is 0 Å². The van der Waals surface area contributed by atoms with Gasteiger partial charge >= 0.3 is 0 Å². The summed E-state index contributed by atoms with van der Waals surface area (Å²) in [6, 6.07) is 19.2. The predicted octanol–water partition coefficient (Wildman–Crippen LogP) is 4.75. The first kappa shape index (κ1) is 13.1. The Bertz CT molecular complexity index is 638. The second-order valence-corrected chi connectivity index (χ2v) is 5.84. The smallest absolute Gasteiger partial charge is 0.0731 e. The summed E-state index contributed by atoms with van der Waals surface area (Å²) >= 11 is 0. The minimum atomic E-state index is -0.228. The van der Waals surface area contributed by atoms with Gasteiger partial charge in [-0.05, 0) is 36.1 Å². The standard InChI is InChI=1S/C19H20O/c1-19(2,20-3)18-16-12-8-7-11-15(16)13-17(18)14-9-5-4-6-10-14/h4-13,18H,1-3H3. The van der Waals surface area contributed by atoms with Crippen LogP contribution < -0.4 is 0 Å². The summed E-state index contributed by atoms with van der Waals surface area (Å²) in [4.78, 5) is 0. The molecule has 0 bridgehead atoms. The molecule has 0 fully saturated rings. The molecule has 1 unspecified atom stereocenters. The van der Waals surface area contributed by atoms with Gasteiger partial charge in [-0.15, -0.1) is 0 Å². The molecule has 1 heteroatoms. The minimum Gasteiger partial charge on any atom is -0.378 e. The van der Waals surface area contributed by atoms with E-state index in [2.05, 4.69) is 74.5 Å². The van der Waals surface area contributed by atoms with E-state index < -0.39 is 0 Å². The van der Waals surface area contributed by atoms with Crippen molar-refractivity contribution in [2.75, 3.05) is 7.11 Å². The summed E-state index contributed by atoms with van der Waals surface area (Å²) in [5, 5.41) is 0. The Morgan fingerprint density at radius 1 is 0.900 bits per heavy atom. The van der Waals surface area contributed by atoms with Crippen molar-refractivity contribution in [2.45, 2.75) is 25.4 Å². The SMILES string of the molecule is COC(C)(C)C1C(c2ccccc2)=Cc2ccccc21. The monoisotopic (exact) mass is 264 g/mol. The molecular formula is C19H20O. The number of methoxy groups -OCH3 is 1. The van der Waals surface area contributed by atoms with Crippen molar-refractivity contribution < 1.29 is 4.74 Å². The van der Waals surface area contributed by atoms with E-state index >= 15 is 0 Å². The number of benzene rings is 2. The lowest BCUT2D eigenvalue weighted by molar-refractivity contribution is 0.0136. The average molecular weight is 264 g/mol. The van der Waals surface area contributed by atoms with Gasteiger partial charge in [0.2, 0.25) is 0 Å². The van der Waals surface area contributed by atoms with Crippen molar-refractivity contribution in [2.24, 2.45) is 0 Å². The Hall–Kier alpha value is -1.86. The Morgan fingerprint density at radius 3 is 2.25 bits per heavy atom. The number of rotatable bonds is 3. The summed E-state index contributed by atoms with van der Waals surface area (Å²) in [5.41, 5.74) is 5.06. The highest BCUT2D eigenvalue weighted by Crippen LogP contribution is 2.48. The van der Waals surface area contributed by atoms with E-state index in [-0.39, 0.29) is 11.5 Å². The Balaban J connectivity index is 2.15. The Morgan fingerprint density at radius 2 is 1.55 bits per heavy atom. The zero-order valence-electron chi connectivity index (χ0n) is 12.3. The highest BCUT2D eigenvalue weighted by molar-refractivity contribution is 5.92. The van der Waals surface area contributed by atoms with Crippen LogP contribution in [0.2, 0.25) is 0 Å². The van der Waals surface area contributed by atoms with Gasteiger partial charge in [-0.3, -0.25) is 0 Å². The van der Waals surface area contributed by atoms with Crippen LogP contribution in [0.4, 0.5) is 0 Å². The van der Waals surface area contributed by atoms with Crippen molar-refractivity contribution in [3.8, 4) is 0 Å². The lowest BCUT2D eigenvalue weighted by atomic mass is 9.79. The van der Waals surface area contributed by atoms with E-state index in [1.54, 1.807) is 7.11 Å². The molecule has 2 aromatic carbocycles. The summed E-state index contributed by atoms with van der Waals surface area (Å²) in [5.74, 6) is 0.270. The maximum absolute atomic E-state index is 5.79. The number of fused-ring (bicyclic) bond motifs is 1. The van der Waals surface area contributed by atoms with E-state index in [9.17, 15) is 0 Å². The maximum atomic E-state index is 5.79. The molecule has 0 amide bonds. The normalized spacial score (nSPS) is 17.8. The van der Waals surface area contributed by atoms with Gasteiger partial charge in [0.1, 0.15) is 0 Å². The Labute approximate surface area is 120 Å². The van der Waals surface area contributed by atoms with Crippen LogP contribution in [0.5, 0.6) is 0 Å². The third-order valence-electron chi connectivity index (χ3n) is 4.26. The van der Waals surface area contributed by atoms with E-state index in [4.69, 9.17) is 4.74 Å². The summed E-state index contributed by atoms with van der Waals surface area (Å²) in [6.07, 6.45) is 2.30. The van der Waals surface area contributed by atoms with Crippen LogP contribution in [0.25, 0.3) is 11.6 Å². The molecule has 1 nitrogen and oxygen atoms in total. The second kappa shape index (κ2) is 4.92. The highest BCUT2D eigenvalue weighted by Gasteiger charge is 2.38. The zero-order valence-corrected chi connectivity index (χ0v) is 12.3. The Kier molecular flexibility index (Phi) is 3.23. The van der Waals surface area contributed by atoms with Crippen molar-refractivity contribution in [3.63, 3.8) is 0 Å². The number of hydrogen-bond acceptors (Lipinski definition) is 1. The van der Waals surface area contributed by atoms with Gasteiger partial charge in [-0.25, -0.2) is 0 Å². The zero-order chi connectivity index (χ0) is 14.2. The van der Waals surface area contributed by atoms with Crippen LogP contribution in [0.15, 0.2) is 54.6 Å². The van der Waals surface area contributed by atoms with Gasteiger partial charge in [0.05, 0.1) is 5.60 Å². The summed E-state index contributed by atoms with van der Waals surface area (Å²) in [7, 11) is 1.80. The molecule has 0 N–H and O–H groups in total. The highest BCUT2D eigenvalue weighted by atomic mass is 16.5. The van der Waals surface area contributed by atoms with Gasteiger partial charge in [-0.2, -0.15) is 0 Å². The van der Waals surface area contributed by atoms with Crippen molar-refractivity contribution in [1.82, 2.24) is 0 Å². The van der Waals surface area contributed by atoms with Crippen LogP contribution in [-0.2, 0) is 4.74 Å². The number of hydrogen-bond donors (Lipinski definition) is 0. The third-order valence-corrected chi connectivity index (χ3v) is 4.26. The first-order valence-corrected chi connectivity index (χ1v) is 7.04. The van der Waals surface area contributed by atoms with Crippen molar-refractivity contribution >= 4 is 11.6 Å². The van der Waals surface area contributed by atoms with Crippen LogP contribution in [0.1, 0.15) is 36.5 Å². The van der Waals surface area contributed by atoms with Crippen LogP contribution in [-0.4, -0.2) is 12.7 Å². The molecule has 20 heavy (non-hydrogen) atoms. The molecule has 0 aliphatic heterocycles. The fourth-order valence-electron chi connectivity index (χ4n) is 3.07. The van der Waals surface area contributed by atoms with Crippen molar-refractivity contribution in [1.29, 1.82) is 0 Å². The second-order valence-electron chi connectivity index (χ2n) is 5.84. The molecule has 2 aromatic rings. The molecular weight excluding hydrogens is 244 g/mol. The van der Waals surface area contributed by atoms with Gasteiger partial charge in [0, 0.05) is 13.0 Å². The summed E-state index contributed by atoms with van der Waals surface area (Å²) in [6.45, 7) is 4.33. The van der Waals surface area contributed by atoms with Gasteiger partial charge < -0.3 is 4.74 Å². The minimum absolute atomic E-state index is 0.228. The third kappa shape index (κ3) is 2.08. The van der Waals surface area contributed by atoms with Crippen LogP contribution >= 0.6 is 0 Å². The fourth-order valence-corrected chi connectivity index (χ4v) is 3.07. The van der Waals surface area contributed by atoms with Crippen LogP contribution in [0, 0.1) is 0 Å². The van der Waals surface area contributed by atoms with E-state index in [1.807, 2.05) is 0 Å². The molecule has 0 saturated heterocycles.